The van der Waals surface area contributed by atoms with E-state index in [0.717, 1.165) is 18.4 Å². The van der Waals surface area contributed by atoms with Crippen LogP contribution in [0.1, 0.15) is 24.4 Å². The molecule has 21 heavy (non-hydrogen) atoms. The van der Waals surface area contributed by atoms with E-state index in [9.17, 15) is 5.11 Å². The maximum Gasteiger partial charge on any atom is 0.144 e. The number of likely N-dealkylation sites (N-methyl/N-ethyl adjacent to an activating group) is 1. The second-order valence-electron chi connectivity index (χ2n) is 5.65. The fraction of sp³-hybridized carbons (Fsp3) is 0.600. The molecule has 0 radical (unpaired) electrons. The third-order valence-electron chi connectivity index (χ3n) is 3.52. The molecular weight excluding hydrogens is 311 g/mol. The van der Waals surface area contributed by atoms with Crippen molar-refractivity contribution in [3.63, 3.8) is 0 Å². The number of aliphatic hydroxyl groups is 1. The Hall–Kier alpha value is -0.520. The number of nitrogens with zero attached hydrogens (tertiary/aromatic N) is 1. The smallest absolute Gasteiger partial charge is 0.144 e. The van der Waals surface area contributed by atoms with Crippen LogP contribution in [0.3, 0.4) is 0 Å². The van der Waals surface area contributed by atoms with Crippen molar-refractivity contribution in [2.24, 2.45) is 0 Å². The molecule has 0 bridgehead atoms. The molecule has 2 atom stereocenters. The fourth-order valence-corrected chi connectivity index (χ4v) is 2.94. The number of aliphatic hydroxyl groups excluding tert-OH is 1. The van der Waals surface area contributed by atoms with E-state index in [-0.39, 0.29) is 6.04 Å². The van der Waals surface area contributed by atoms with Crippen molar-refractivity contribution in [1.29, 1.82) is 0 Å². The molecule has 0 aromatic heterocycles. The van der Waals surface area contributed by atoms with Crippen LogP contribution in [0.15, 0.2) is 12.1 Å². The maximum absolute atomic E-state index is 9.98. The Morgan fingerprint density at radius 3 is 2.90 bits per heavy atom. The van der Waals surface area contributed by atoms with Crippen LogP contribution >= 0.6 is 23.2 Å². The summed E-state index contributed by atoms with van der Waals surface area (Å²) in [5.41, 5.74) is 1.01. The largest absolute Gasteiger partial charge is 0.492 e. The third kappa shape index (κ3) is 4.47. The Labute approximate surface area is 136 Å². The number of halogens is 2. The van der Waals surface area contributed by atoms with Gasteiger partial charge in [0.2, 0.25) is 0 Å². The van der Waals surface area contributed by atoms with Gasteiger partial charge in [-0.1, -0.05) is 29.3 Å². The van der Waals surface area contributed by atoms with Crippen molar-refractivity contribution in [2.75, 3.05) is 33.8 Å². The Balaban J connectivity index is 2.09. The summed E-state index contributed by atoms with van der Waals surface area (Å²) in [5.74, 6) is 0.668. The normalized spacial score (nSPS) is 19.8. The van der Waals surface area contributed by atoms with E-state index in [4.69, 9.17) is 27.9 Å². The molecule has 2 unspecified atom stereocenters. The zero-order chi connectivity index (χ0) is 15.4. The molecule has 1 aromatic rings. The summed E-state index contributed by atoms with van der Waals surface area (Å²) in [7, 11) is 3.89. The number of hydrogen-bond acceptors (Lipinski definition) is 4. The number of benzene rings is 1. The average molecular weight is 333 g/mol. The highest BCUT2D eigenvalue weighted by molar-refractivity contribution is 6.43. The first-order valence-corrected chi connectivity index (χ1v) is 7.91. The van der Waals surface area contributed by atoms with Crippen LogP contribution in [0.5, 0.6) is 5.75 Å². The lowest BCUT2D eigenvalue weighted by atomic mass is 10.0. The molecule has 1 aliphatic rings. The zero-order valence-electron chi connectivity index (χ0n) is 12.4. The van der Waals surface area contributed by atoms with Crippen LogP contribution in [0.25, 0.3) is 0 Å². The molecule has 6 heteroatoms. The first-order chi connectivity index (χ1) is 9.99. The topological polar surface area (TPSA) is 44.7 Å². The SMILES string of the molecule is CN(C)CC(O)CNC1CCCOc2c1ccc(Cl)c2Cl. The van der Waals surface area contributed by atoms with Gasteiger partial charge in [0.25, 0.3) is 0 Å². The summed E-state index contributed by atoms with van der Waals surface area (Å²) in [4.78, 5) is 1.97. The van der Waals surface area contributed by atoms with E-state index in [1.807, 2.05) is 25.1 Å². The molecule has 0 spiro atoms. The first kappa shape index (κ1) is 16.8. The lowest BCUT2D eigenvalue weighted by Crippen LogP contribution is -2.36. The molecule has 4 nitrogen and oxygen atoms in total. The quantitative estimate of drug-likeness (QED) is 0.870. The molecule has 1 aliphatic heterocycles. The van der Waals surface area contributed by atoms with Crippen LogP contribution in [-0.2, 0) is 0 Å². The number of nitrogens with one attached hydrogen (secondary N) is 1. The Morgan fingerprint density at radius 1 is 1.43 bits per heavy atom. The van der Waals surface area contributed by atoms with E-state index >= 15 is 0 Å². The fourth-order valence-electron chi connectivity index (χ4n) is 2.56. The molecule has 1 heterocycles. The van der Waals surface area contributed by atoms with Crippen molar-refractivity contribution in [2.45, 2.75) is 25.0 Å². The zero-order valence-corrected chi connectivity index (χ0v) is 13.9. The van der Waals surface area contributed by atoms with Gasteiger partial charge in [0.15, 0.2) is 0 Å². The predicted molar refractivity (Wildman–Crippen MR) is 86.5 cm³/mol. The standard InChI is InChI=1S/C15H22Cl2N2O2/c1-19(2)9-10(20)8-18-13-4-3-7-21-15-11(13)5-6-12(16)14(15)17/h5-6,10,13,18,20H,3-4,7-9H2,1-2H3. The minimum Gasteiger partial charge on any atom is -0.492 e. The van der Waals surface area contributed by atoms with Gasteiger partial charge in [-0.3, -0.25) is 0 Å². The van der Waals surface area contributed by atoms with Gasteiger partial charge < -0.3 is 20.1 Å². The summed E-state index contributed by atoms with van der Waals surface area (Å²) in [6.07, 6.45) is 1.47. The van der Waals surface area contributed by atoms with Gasteiger partial charge in [-0.05, 0) is 33.0 Å². The lowest BCUT2D eigenvalue weighted by Gasteiger charge is -2.22. The molecular formula is C15H22Cl2N2O2. The van der Waals surface area contributed by atoms with Gasteiger partial charge in [-0.25, -0.2) is 0 Å². The van der Waals surface area contributed by atoms with Crippen LogP contribution < -0.4 is 10.1 Å². The maximum atomic E-state index is 9.98. The molecule has 1 aromatic carbocycles. The summed E-state index contributed by atoms with van der Waals surface area (Å²) in [6.45, 7) is 1.79. The summed E-state index contributed by atoms with van der Waals surface area (Å²) in [5, 5.41) is 14.4. The molecule has 0 amide bonds. The monoisotopic (exact) mass is 332 g/mol. The van der Waals surface area contributed by atoms with Gasteiger partial charge in [-0.2, -0.15) is 0 Å². The number of hydrogen-bond donors (Lipinski definition) is 2. The van der Waals surface area contributed by atoms with E-state index in [1.54, 1.807) is 6.07 Å². The van der Waals surface area contributed by atoms with Gasteiger partial charge in [0.05, 0.1) is 17.7 Å². The van der Waals surface area contributed by atoms with Crippen molar-refractivity contribution in [3.05, 3.63) is 27.7 Å². The first-order valence-electron chi connectivity index (χ1n) is 7.16. The number of rotatable bonds is 5. The van der Waals surface area contributed by atoms with Gasteiger partial charge >= 0.3 is 0 Å². The third-order valence-corrected chi connectivity index (χ3v) is 4.30. The minimum atomic E-state index is -0.407. The number of fused-ring (bicyclic) bond motifs is 1. The molecule has 0 aliphatic carbocycles. The summed E-state index contributed by atoms with van der Waals surface area (Å²) in [6, 6.07) is 3.86. The van der Waals surface area contributed by atoms with Crippen molar-refractivity contribution in [3.8, 4) is 5.75 Å². The van der Waals surface area contributed by atoms with E-state index in [0.29, 0.717) is 35.5 Å². The van der Waals surface area contributed by atoms with Gasteiger partial charge in [0.1, 0.15) is 10.8 Å². The summed E-state index contributed by atoms with van der Waals surface area (Å²) < 4.78 is 5.73. The second-order valence-corrected chi connectivity index (χ2v) is 6.43. The summed E-state index contributed by atoms with van der Waals surface area (Å²) >= 11 is 12.3. The van der Waals surface area contributed by atoms with Crippen LogP contribution in [-0.4, -0.2) is 49.9 Å². The lowest BCUT2D eigenvalue weighted by molar-refractivity contribution is 0.131. The Morgan fingerprint density at radius 2 is 2.19 bits per heavy atom. The Bertz CT molecular complexity index is 483. The van der Waals surface area contributed by atoms with Gasteiger partial charge in [-0.15, -0.1) is 0 Å². The van der Waals surface area contributed by atoms with Crippen molar-refractivity contribution >= 4 is 23.2 Å². The van der Waals surface area contributed by atoms with Crippen LogP contribution in [0.4, 0.5) is 0 Å². The van der Waals surface area contributed by atoms with Crippen LogP contribution in [0, 0.1) is 0 Å². The van der Waals surface area contributed by atoms with E-state index < -0.39 is 6.10 Å². The highest BCUT2D eigenvalue weighted by Crippen LogP contribution is 2.40. The van der Waals surface area contributed by atoms with Gasteiger partial charge in [0, 0.05) is 24.7 Å². The molecule has 0 saturated heterocycles. The molecule has 2 N–H and O–H groups in total. The van der Waals surface area contributed by atoms with Crippen LogP contribution in [0.2, 0.25) is 10.0 Å². The molecule has 0 saturated carbocycles. The molecule has 2 rings (SSSR count). The van der Waals surface area contributed by atoms with Crippen molar-refractivity contribution in [1.82, 2.24) is 10.2 Å². The van der Waals surface area contributed by atoms with E-state index in [1.165, 1.54) is 0 Å². The van der Waals surface area contributed by atoms with Crippen molar-refractivity contribution < 1.29 is 9.84 Å². The predicted octanol–water partition coefficient (Wildman–Crippen LogP) is 2.72. The highest BCUT2D eigenvalue weighted by atomic mass is 35.5. The molecule has 0 fully saturated rings. The highest BCUT2D eigenvalue weighted by Gasteiger charge is 2.23. The minimum absolute atomic E-state index is 0.120. The average Bonchev–Trinajstić information content (AvgIpc) is 2.62. The van der Waals surface area contributed by atoms with E-state index in [2.05, 4.69) is 5.32 Å². The Kier molecular flexibility index (Phi) is 6.14. The molecule has 118 valence electrons. The number of ether oxygens (including phenoxy) is 1. The second kappa shape index (κ2) is 7.65.